The number of Topliss-reactive ketones (excluding diaryl/α,β-unsaturated/α-hetero) is 2. The Balaban J connectivity index is 2.15. The highest BCUT2D eigenvalue weighted by atomic mass is 19.1. The standard InChI is InChI=1S/C24H19FO4/c1-29-24(28)20(16-12-14-19(25)15-13-16)21(22(26)17-8-4-2-5-9-17)23(27)18-10-6-3-7-11-18/h2-15,20-21H,1H3. The predicted molar refractivity (Wildman–Crippen MR) is 106 cm³/mol. The van der Waals surface area contributed by atoms with Crippen LogP contribution in [0.15, 0.2) is 84.9 Å². The van der Waals surface area contributed by atoms with Crippen molar-refractivity contribution < 1.29 is 23.5 Å². The highest BCUT2D eigenvalue weighted by molar-refractivity contribution is 6.18. The highest BCUT2D eigenvalue weighted by Gasteiger charge is 2.41. The topological polar surface area (TPSA) is 60.4 Å². The summed E-state index contributed by atoms with van der Waals surface area (Å²) in [5.74, 6) is -4.79. The molecule has 0 N–H and O–H groups in total. The van der Waals surface area contributed by atoms with Gasteiger partial charge in [-0.1, -0.05) is 72.8 Å². The normalized spacial score (nSPS) is 11.7. The number of carbonyl (C=O) groups is 3. The molecule has 0 aliphatic carbocycles. The van der Waals surface area contributed by atoms with Gasteiger partial charge in [-0.2, -0.15) is 0 Å². The van der Waals surface area contributed by atoms with Crippen molar-refractivity contribution in [3.8, 4) is 0 Å². The van der Waals surface area contributed by atoms with E-state index in [1.54, 1.807) is 60.7 Å². The third kappa shape index (κ3) is 4.46. The van der Waals surface area contributed by atoms with Crippen molar-refractivity contribution in [3.63, 3.8) is 0 Å². The van der Waals surface area contributed by atoms with Gasteiger partial charge in [-0.15, -0.1) is 0 Å². The van der Waals surface area contributed by atoms with Gasteiger partial charge >= 0.3 is 5.97 Å². The number of rotatable bonds is 7. The molecule has 29 heavy (non-hydrogen) atoms. The zero-order valence-electron chi connectivity index (χ0n) is 15.7. The summed E-state index contributed by atoms with van der Waals surface area (Å²) in [6.45, 7) is 0. The summed E-state index contributed by atoms with van der Waals surface area (Å²) in [5, 5.41) is 0. The summed E-state index contributed by atoms with van der Waals surface area (Å²) in [6, 6.07) is 21.7. The van der Waals surface area contributed by atoms with Crippen molar-refractivity contribution >= 4 is 17.5 Å². The van der Waals surface area contributed by atoms with Crippen LogP contribution in [0.4, 0.5) is 4.39 Å². The third-order valence-corrected chi connectivity index (χ3v) is 4.70. The molecule has 0 fully saturated rings. The molecule has 0 aliphatic heterocycles. The monoisotopic (exact) mass is 390 g/mol. The van der Waals surface area contributed by atoms with E-state index in [4.69, 9.17) is 4.74 Å². The first-order chi connectivity index (χ1) is 14.0. The number of esters is 1. The minimum atomic E-state index is -1.35. The van der Waals surface area contributed by atoms with Gasteiger partial charge in [0.15, 0.2) is 11.6 Å². The first kappa shape index (κ1) is 20.1. The Morgan fingerprint density at radius 2 is 1.17 bits per heavy atom. The van der Waals surface area contributed by atoms with Crippen LogP contribution in [0.5, 0.6) is 0 Å². The van der Waals surface area contributed by atoms with Crippen LogP contribution >= 0.6 is 0 Å². The lowest BCUT2D eigenvalue weighted by Gasteiger charge is -2.24. The maximum Gasteiger partial charge on any atom is 0.314 e. The average Bonchev–Trinajstić information content (AvgIpc) is 2.78. The summed E-state index contributed by atoms with van der Waals surface area (Å²) in [4.78, 5) is 39.4. The van der Waals surface area contributed by atoms with E-state index in [0.29, 0.717) is 16.7 Å². The number of benzene rings is 3. The second-order valence-corrected chi connectivity index (χ2v) is 6.49. The van der Waals surface area contributed by atoms with Gasteiger partial charge in [0.1, 0.15) is 11.7 Å². The Bertz CT molecular complexity index is 947. The first-order valence-electron chi connectivity index (χ1n) is 9.04. The van der Waals surface area contributed by atoms with E-state index in [0.717, 1.165) is 0 Å². The average molecular weight is 390 g/mol. The van der Waals surface area contributed by atoms with E-state index in [1.807, 2.05) is 0 Å². The van der Waals surface area contributed by atoms with Crippen molar-refractivity contribution in [1.82, 2.24) is 0 Å². The number of ether oxygens (including phenoxy) is 1. The molecule has 0 saturated carbocycles. The SMILES string of the molecule is COC(=O)C(c1ccc(F)cc1)C(C(=O)c1ccccc1)C(=O)c1ccccc1. The Kier molecular flexibility index (Phi) is 6.29. The van der Waals surface area contributed by atoms with E-state index >= 15 is 0 Å². The second kappa shape index (κ2) is 9.06. The van der Waals surface area contributed by atoms with Crippen molar-refractivity contribution in [3.05, 3.63) is 107 Å². The summed E-state index contributed by atoms with van der Waals surface area (Å²) in [5.41, 5.74) is 0.937. The van der Waals surface area contributed by atoms with Crippen LogP contribution in [0, 0.1) is 11.7 Å². The molecule has 3 rings (SSSR count). The zero-order valence-corrected chi connectivity index (χ0v) is 15.7. The molecule has 4 nitrogen and oxygen atoms in total. The number of methoxy groups -OCH3 is 1. The van der Waals surface area contributed by atoms with Gasteiger partial charge in [0, 0.05) is 11.1 Å². The lowest BCUT2D eigenvalue weighted by Crippen LogP contribution is -2.35. The number of hydrogen-bond donors (Lipinski definition) is 0. The molecule has 0 aromatic heterocycles. The van der Waals surface area contributed by atoms with Gasteiger partial charge in [0.2, 0.25) is 0 Å². The Hall–Kier alpha value is -3.60. The maximum absolute atomic E-state index is 13.4. The van der Waals surface area contributed by atoms with Gasteiger partial charge in [-0.05, 0) is 17.7 Å². The molecular weight excluding hydrogens is 371 g/mol. The summed E-state index contributed by atoms with van der Waals surface area (Å²) >= 11 is 0. The van der Waals surface area contributed by atoms with E-state index in [2.05, 4.69) is 0 Å². The molecule has 0 spiro atoms. The molecule has 0 amide bonds. The van der Waals surface area contributed by atoms with E-state index in [1.165, 1.54) is 31.4 Å². The number of halogens is 1. The van der Waals surface area contributed by atoms with Crippen LogP contribution in [0.1, 0.15) is 32.2 Å². The molecule has 3 aromatic rings. The van der Waals surface area contributed by atoms with E-state index in [-0.39, 0.29) is 0 Å². The van der Waals surface area contributed by atoms with Crippen molar-refractivity contribution in [2.24, 2.45) is 5.92 Å². The summed E-state index contributed by atoms with van der Waals surface area (Å²) in [7, 11) is 1.19. The molecule has 1 atom stereocenters. The number of hydrogen-bond acceptors (Lipinski definition) is 4. The van der Waals surface area contributed by atoms with Crippen LogP contribution in [-0.2, 0) is 9.53 Å². The molecule has 0 saturated heterocycles. The van der Waals surface area contributed by atoms with E-state index in [9.17, 15) is 18.8 Å². The van der Waals surface area contributed by atoms with Crippen molar-refractivity contribution in [2.75, 3.05) is 7.11 Å². The molecule has 0 bridgehead atoms. The second-order valence-electron chi connectivity index (χ2n) is 6.49. The van der Waals surface area contributed by atoms with E-state index < -0.39 is 35.2 Å². The van der Waals surface area contributed by atoms with Crippen molar-refractivity contribution in [1.29, 1.82) is 0 Å². The molecule has 0 radical (unpaired) electrons. The van der Waals surface area contributed by atoms with Gasteiger partial charge in [-0.25, -0.2) is 4.39 Å². The highest BCUT2D eigenvalue weighted by Crippen LogP contribution is 2.32. The third-order valence-electron chi connectivity index (χ3n) is 4.70. The zero-order chi connectivity index (χ0) is 20.8. The molecule has 0 aliphatic rings. The predicted octanol–water partition coefficient (Wildman–Crippen LogP) is 4.46. The van der Waals surface area contributed by atoms with Gasteiger partial charge < -0.3 is 4.74 Å². The largest absolute Gasteiger partial charge is 0.469 e. The van der Waals surface area contributed by atoms with Gasteiger partial charge in [0.25, 0.3) is 0 Å². The minimum Gasteiger partial charge on any atom is -0.469 e. The van der Waals surface area contributed by atoms with Crippen LogP contribution in [0.2, 0.25) is 0 Å². The fraction of sp³-hybridized carbons (Fsp3) is 0.125. The fourth-order valence-corrected chi connectivity index (χ4v) is 3.25. The molecule has 3 aromatic carbocycles. The van der Waals surface area contributed by atoms with Crippen LogP contribution < -0.4 is 0 Å². The van der Waals surface area contributed by atoms with Gasteiger partial charge in [0.05, 0.1) is 13.0 Å². The Morgan fingerprint density at radius 1 is 0.724 bits per heavy atom. The Labute approximate surface area is 167 Å². The maximum atomic E-state index is 13.4. The lowest BCUT2D eigenvalue weighted by molar-refractivity contribution is -0.143. The van der Waals surface area contributed by atoms with Crippen molar-refractivity contribution in [2.45, 2.75) is 5.92 Å². The quantitative estimate of drug-likeness (QED) is 0.339. The lowest BCUT2D eigenvalue weighted by atomic mass is 9.77. The van der Waals surface area contributed by atoms with Crippen LogP contribution in [-0.4, -0.2) is 24.6 Å². The smallest absolute Gasteiger partial charge is 0.314 e. The minimum absolute atomic E-state index is 0.304. The van der Waals surface area contributed by atoms with Crippen LogP contribution in [0.25, 0.3) is 0 Å². The molecule has 1 unspecified atom stereocenters. The Morgan fingerprint density at radius 3 is 1.59 bits per heavy atom. The summed E-state index contributed by atoms with van der Waals surface area (Å²) < 4.78 is 18.3. The fourth-order valence-electron chi connectivity index (χ4n) is 3.25. The van der Waals surface area contributed by atoms with Crippen LogP contribution in [0.3, 0.4) is 0 Å². The molecule has 146 valence electrons. The first-order valence-corrected chi connectivity index (χ1v) is 9.04. The summed E-state index contributed by atoms with van der Waals surface area (Å²) in [6.07, 6.45) is 0. The molecule has 5 heteroatoms. The number of carbonyl (C=O) groups excluding carboxylic acids is 3. The van der Waals surface area contributed by atoms with Gasteiger partial charge in [-0.3, -0.25) is 14.4 Å². The molecular formula is C24H19FO4. The number of ketones is 2. The molecule has 0 heterocycles.